The molecule has 0 spiro atoms. The number of para-hydroxylation sites is 1. The van der Waals surface area contributed by atoms with Gasteiger partial charge in [0.25, 0.3) is 11.8 Å². The summed E-state index contributed by atoms with van der Waals surface area (Å²) in [6.07, 6.45) is -0.927. The second-order valence-corrected chi connectivity index (χ2v) is 5.59. The molecule has 1 N–H and O–H groups in total. The van der Waals surface area contributed by atoms with E-state index in [9.17, 15) is 19.2 Å². The molecule has 0 saturated carbocycles. The maximum atomic E-state index is 12.8. The van der Waals surface area contributed by atoms with Crippen LogP contribution in [-0.2, 0) is 14.3 Å². The van der Waals surface area contributed by atoms with Gasteiger partial charge >= 0.3 is 12.1 Å². The molecule has 0 saturated heterocycles. The summed E-state index contributed by atoms with van der Waals surface area (Å²) in [7, 11) is 1.59. The SMILES string of the molecule is CCOC(=O)NC(=O)COC(=O)c1ccccc1C(=O)N(C)c1ccccc1. The fourth-order valence-electron chi connectivity index (χ4n) is 2.32. The summed E-state index contributed by atoms with van der Waals surface area (Å²) in [5, 5.41) is 1.91. The number of alkyl carbamates (subject to hydrolysis) is 1. The van der Waals surface area contributed by atoms with Gasteiger partial charge in [-0.05, 0) is 31.2 Å². The lowest BCUT2D eigenvalue weighted by Crippen LogP contribution is -2.35. The van der Waals surface area contributed by atoms with Crippen LogP contribution in [0.5, 0.6) is 0 Å². The summed E-state index contributed by atoms with van der Waals surface area (Å²) in [5.41, 5.74) is 0.799. The lowest BCUT2D eigenvalue weighted by molar-refractivity contribution is -0.123. The monoisotopic (exact) mass is 384 g/mol. The van der Waals surface area contributed by atoms with E-state index in [0.29, 0.717) is 5.69 Å². The number of hydrogen-bond donors (Lipinski definition) is 1. The fourth-order valence-corrected chi connectivity index (χ4v) is 2.32. The average Bonchev–Trinajstić information content (AvgIpc) is 2.71. The first-order chi connectivity index (χ1) is 13.4. The Kier molecular flexibility index (Phi) is 7.27. The van der Waals surface area contributed by atoms with E-state index in [1.807, 2.05) is 11.4 Å². The minimum Gasteiger partial charge on any atom is -0.452 e. The smallest absolute Gasteiger partial charge is 0.413 e. The average molecular weight is 384 g/mol. The molecule has 146 valence electrons. The van der Waals surface area contributed by atoms with Gasteiger partial charge in [0.05, 0.1) is 17.7 Å². The first-order valence-electron chi connectivity index (χ1n) is 8.50. The van der Waals surface area contributed by atoms with Crippen LogP contribution in [0.25, 0.3) is 0 Å². The highest BCUT2D eigenvalue weighted by atomic mass is 16.6. The first kappa shape index (κ1) is 20.6. The molecule has 8 nitrogen and oxygen atoms in total. The van der Waals surface area contributed by atoms with E-state index in [2.05, 4.69) is 4.74 Å². The number of nitrogens with one attached hydrogen (secondary N) is 1. The summed E-state index contributed by atoms with van der Waals surface area (Å²) < 4.78 is 9.48. The van der Waals surface area contributed by atoms with Crippen LogP contribution in [-0.4, -0.2) is 44.1 Å². The summed E-state index contributed by atoms with van der Waals surface area (Å²) in [6.45, 7) is 1.00. The van der Waals surface area contributed by atoms with Crippen LogP contribution in [0.2, 0.25) is 0 Å². The summed E-state index contributed by atoms with van der Waals surface area (Å²) in [6, 6.07) is 15.1. The maximum absolute atomic E-state index is 12.8. The van der Waals surface area contributed by atoms with E-state index in [4.69, 9.17) is 4.74 Å². The number of carbonyl (C=O) groups excluding carboxylic acids is 4. The number of anilines is 1. The van der Waals surface area contributed by atoms with Crippen LogP contribution in [0.4, 0.5) is 10.5 Å². The van der Waals surface area contributed by atoms with E-state index < -0.39 is 30.5 Å². The quantitative estimate of drug-likeness (QED) is 0.768. The lowest BCUT2D eigenvalue weighted by atomic mass is 10.1. The van der Waals surface area contributed by atoms with Gasteiger partial charge in [-0.25, -0.2) is 9.59 Å². The van der Waals surface area contributed by atoms with Crippen molar-refractivity contribution < 1.29 is 28.7 Å². The standard InChI is InChI=1S/C20H20N2O6/c1-3-27-20(26)21-17(23)13-28-19(25)16-12-8-7-11-15(16)18(24)22(2)14-9-5-4-6-10-14/h4-12H,3,13H2,1-2H3,(H,21,23,26). The third-order valence-electron chi connectivity index (χ3n) is 3.68. The van der Waals surface area contributed by atoms with Crippen LogP contribution in [0.15, 0.2) is 54.6 Å². The zero-order chi connectivity index (χ0) is 20.5. The van der Waals surface area contributed by atoms with E-state index in [0.717, 1.165) is 0 Å². The van der Waals surface area contributed by atoms with Gasteiger partial charge < -0.3 is 14.4 Å². The zero-order valence-electron chi connectivity index (χ0n) is 15.5. The summed E-state index contributed by atoms with van der Waals surface area (Å²) >= 11 is 0. The Morgan fingerprint density at radius 3 is 2.14 bits per heavy atom. The number of benzene rings is 2. The highest BCUT2D eigenvalue weighted by Gasteiger charge is 2.22. The molecular formula is C20H20N2O6. The Hall–Kier alpha value is -3.68. The Labute approximate surface area is 162 Å². The predicted octanol–water partition coefficient (Wildman–Crippen LogP) is 2.39. The summed E-state index contributed by atoms with van der Waals surface area (Å²) in [5.74, 6) is -2.10. The summed E-state index contributed by atoms with van der Waals surface area (Å²) in [4.78, 5) is 49.3. The molecule has 0 aromatic heterocycles. The normalized spacial score (nSPS) is 9.93. The molecule has 0 unspecified atom stereocenters. The van der Waals surface area contributed by atoms with Gasteiger partial charge in [-0.1, -0.05) is 30.3 Å². The van der Waals surface area contributed by atoms with Crippen molar-refractivity contribution in [3.05, 3.63) is 65.7 Å². The molecule has 0 aliphatic heterocycles. The topological polar surface area (TPSA) is 102 Å². The van der Waals surface area contributed by atoms with Gasteiger partial charge in [0, 0.05) is 12.7 Å². The Morgan fingerprint density at radius 2 is 1.50 bits per heavy atom. The van der Waals surface area contributed by atoms with Crippen molar-refractivity contribution >= 4 is 29.6 Å². The lowest BCUT2D eigenvalue weighted by Gasteiger charge is -2.18. The number of nitrogens with zero attached hydrogens (tertiary/aromatic N) is 1. The zero-order valence-corrected chi connectivity index (χ0v) is 15.5. The number of carbonyl (C=O) groups is 4. The molecule has 2 aromatic rings. The number of amides is 3. The molecule has 0 aliphatic rings. The highest BCUT2D eigenvalue weighted by molar-refractivity contribution is 6.12. The largest absolute Gasteiger partial charge is 0.452 e. The van der Waals surface area contributed by atoms with Crippen LogP contribution >= 0.6 is 0 Å². The number of imide groups is 1. The molecule has 28 heavy (non-hydrogen) atoms. The van der Waals surface area contributed by atoms with Crippen molar-refractivity contribution in [1.82, 2.24) is 5.32 Å². The first-order valence-corrected chi connectivity index (χ1v) is 8.50. The van der Waals surface area contributed by atoms with Crippen molar-refractivity contribution in [3.63, 3.8) is 0 Å². The van der Waals surface area contributed by atoms with Gasteiger partial charge in [-0.3, -0.25) is 14.9 Å². The predicted molar refractivity (Wildman–Crippen MR) is 101 cm³/mol. The van der Waals surface area contributed by atoms with Crippen molar-refractivity contribution in [2.24, 2.45) is 0 Å². The van der Waals surface area contributed by atoms with E-state index in [1.54, 1.807) is 50.4 Å². The second-order valence-electron chi connectivity index (χ2n) is 5.59. The fraction of sp³-hybridized carbons (Fsp3) is 0.200. The van der Waals surface area contributed by atoms with Crippen molar-refractivity contribution in [2.45, 2.75) is 6.92 Å². The third kappa shape index (κ3) is 5.41. The van der Waals surface area contributed by atoms with Gasteiger partial charge in [0.15, 0.2) is 6.61 Å². The molecule has 8 heteroatoms. The maximum Gasteiger partial charge on any atom is 0.413 e. The second kappa shape index (κ2) is 9.86. The minimum absolute atomic E-state index is 0.0132. The van der Waals surface area contributed by atoms with Gasteiger partial charge in [-0.15, -0.1) is 0 Å². The number of esters is 1. The molecular weight excluding hydrogens is 364 g/mol. The van der Waals surface area contributed by atoms with Crippen molar-refractivity contribution in [1.29, 1.82) is 0 Å². The van der Waals surface area contributed by atoms with Crippen LogP contribution < -0.4 is 10.2 Å². The molecule has 0 bridgehead atoms. The molecule has 0 aliphatic carbocycles. The number of ether oxygens (including phenoxy) is 2. The van der Waals surface area contributed by atoms with Crippen LogP contribution in [0.3, 0.4) is 0 Å². The Bertz CT molecular complexity index is 866. The molecule has 0 heterocycles. The third-order valence-corrected chi connectivity index (χ3v) is 3.68. The van der Waals surface area contributed by atoms with Gasteiger partial charge in [0.2, 0.25) is 0 Å². The van der Waals surface area contributed by atoms with E-state index in [-0.39, 0.29) is 17.7 Å². The molecule has 0 radical (unpaired) electrons. The molecule has 0 atom stereocenters. The van der Waals surface area contributed by atoms with Gasteiger partial charge in [-0.2, -0.15) is 0 Å². The van der Waals surface area contributed by atoms with Crippen molar-refractivity contribution in [2.75, 3.05) is 25.2 Å². The van der Waals surface area contributed by atoms with Crippen LogP contribution in [0.1, 0.15) is 27.6 Å². The molecule has 2 rings (SSSR count). The minimum atomic E-state index is -0.927. The molecule has 0 fully saturated rings. The number of hydrogen-bond acceptors (Lipinski definition) is 6. The number of rotatable bonds is 6. The van der Waals surface area contributed by atoms with E-state index in [1.165, 1.54) is 17.0 Å². The molecule has 3 amide bonds. The van der Waals surface area contributed by atoms with Gasteiger partial charge in [0.1, 0.15) is 0 Å². The van der Waals surface area contributed by atoms with Crippen LogP contribution in [0, 0.1) is 0 Å². The van der Waals surface area contributed by atoms with Crippen molar-refractivity contribution in [3.8, 4) is 0 Å². The Morgan fingerprint density at radius 1 is 0.893 bits per heavy atom. The van der Waals surface area contributed by atoms with E-state index >= 15 is 0 Å². The molecule has 2 aromatic carbocycles. The Balaban J connectivity index is 2.08. The highest BCUT2D eigenvalue weighted by Crippen LogP contribution is 2.18.